The normalized spacial score (nSPS) is 10.5. The second kappa shape index (κ2) is 4.80. The second-order valence-corrected chi connectivity index (χ2v) is 3.32. The van der Waals surface area contributed by atoms with Crippen LogP contribution in [0.5, 0.6) is 5.75 Å². The molecular weight excluding hydrogens is 188 g/mol. The predicted octanol–water partition coefficient (Wildman–Crippen LogP) is 2.87. The molecule has 2 rings (SSSR count). The van der Waals surface area contributed by atoms with Crippen LogP contribution in [0.3, 0.4) is 0 Å². The molecule has 0 aromatic heterocycles. The Hall–Kier alpha value is -1.54. The van der Waals surface area contributed by atoms with E-state index in [-0.39, 0.29) is 0 Å². The summed E-state index contributed by atoms with van der Waals surface area (Å²) < 4.78 is 10.6. The largest absolute Gasteiger partial charge is 0.491 e. The van der Waals surface area contributed by atoms with Crippen LogP contribution in [0.2, 0.25) is 0 Å². The second-order valence-electron chi connectivity index (χ2n) is 3.32. The molecule has 0 aliphatic heterocycles. The molecule has 0 atom stereocenters. The molecule has 0 amide bonds. The van der Waals surface area contributed by atoms with Crippen LogP contribution in [0.15, 0.2) is 42.5 Å². The zero-order valence-electron chi connectivity index (χ0n) is 8.77. The van der Waals surface area contributed by atoms with Gasteiger partial charge in [-0.25, -0.2) is 0 Å². The van der Waals surface area contributed by atoms with E-state index in [1.165, 1.54) is 5.39 Å². The SMILES string of the molecule is COCCOc1cccc2ccccc12. The van der Waals surface area contributed by atoms with Crippen LogP contribution in [0, 0.1) is 0 Å². The lowest BCUT2D eigenvalue weighted by Gasteiger charge is -2.08. The van der Waals surface area contributed by atoms with Crippen molar-refractivity contribution in [1.82, 2.24) is 0 Å². The topological polar surface area (TPSA) is 18.5 Å². The molecule has 2 heteroatoms. The zero-order valence-corrected chi connectivity index (χ0v) is 8.77. The molecule has 0 radical (unpaired) electrons. The van der Waals surface area contributed by atoms with Gasteiger partial charge in [0.2, 0.25) is 0 Å². The highest BCUT2D eigenvalue weighted by atomic mass is 16.5. The van der Waals surface area contributed by atoms with Gasteiger partial charge in [0, 0.05) is 12.5 Å². The van der Waals surface area contributed by atoms with E-state index in [2.05, 4.69) is 18.2 Å². The number of benzene rings is 2. The van der Waals surface area contributed by atoms with Crippen molar-refractivity contribution in [2.45, 2.75) is 0 Å². The van der Waals surface area contributed by atoms with Crippen molar-refractivity contribution in [2.75, 3.05) is 20.3 Å². The van der Waals surface area contributed by atoms with Gasteiger partial charge in [-0.1, -0.05) is 36.4 Å². The zero-order chi connectivity index (χ0) is 10.5. The first kappa shape index (κ1) is 9.99. The quantitative estimate of drug-likeness (QED) is 0.710. The Morgan fingerprint density at radius 2 is 1.73 bits per heavy atom. The molecule has 2 aromatic carbocycles. The fourth-order valence-electron chi connectivity index (χ4n) is 1.56. The molecule has 0 saturated carbocycles. The van der Waals surface area contributed by atoms with Gasteiger partial charge in [-0.15, -0.1) is 0 Å². The Kier molecular flexibility index (Phi) is 3.20. The van der Waals surface area contributed by atoms with E-state index in [1.807, 2.05) is 24.3 Å². The van der Waals surface area contributed by atoms with Crippen molar-refractivity contribution in [2.24, 2.45) is 0 Å². The minimum Gasteiger partial charge on any atom is -0.491 e. The van der Waals surface area contributed by atoms with E-state index in [1.54, 1.807) is 7.11 Å². The smallest absolute Gasteiger partial charge is 0.127 e. The molecular formula is C13H14O2. The molecule has 0 heterocycles. The lowest BCUT2D eigenvalue weighted by Crippen LogP contribution is -2.04. The van der Waals surface area contributed by atoms with Crippen molar-refractivity contribution in [3.8, 4) is 5.75 Å². The summed E-state index contributed by atoms with van der Waals surface area (Å²) in [7, 11) is 1.67. The molecule has 0 spiro atoms. The van der Waals surface area contributed by atoms with E-state index >= 15 is 0 Å². The first-order valence-corrected chi connectivity index (χ1v) is 5.01. The molecule has 15 heavy (non-hydrogen) atoms. The molecule has 0 fully saturated rings. The van der Waals surface area contributed by atoms with E-state index in [9.17, 15) is 0 Å². The third kappa shape index (κ3) is 2.28. The van der Waals surface area contributed by atoms with E-state index in [0.717, 1.165) is 11.1 Å². The van der Waals surface area contributed by atoms with Crippen molar-refractivity contribution in [3.63, 3.8) is 0 Å². The number of hydrogen-bond donors (Lipinski definition) is 0. The molecule has 0 N–H and O–H groups in total. The Morgan fingerprint density at radius 1 is 0.933 bits per heavy atom. The van der Waals surface area contributed by atoms with Crippen LogP contribution >= 0.6 is 0 Å². The lowest BCUT2D eigenvalue weighted by molar-refractivity contribution is 0.147. The number of rotatable bonds is 4. The van der Waals surface area contributed by atoms with E-state index < -0.39 is 0 Å². The maximum atomic E-state index is 5.63. The molecule has 2 nitrogen and oxygen atoms in total. The average molecular weight is 202 g/mol. The third-order valence-corrected chi connectivity index (χ3v) is 2.29. The van der Waals surface area contributed by atoms with Gasteiger partial charge in [0.15, 0.2) is 0 Å². The molecule has 0 aliphatic rings. The number of fused-ring (bicyclic) bond motifs is 1. The summed E-state index contributed by atoms with van der Waals surface area (Å²) in [5, 5.41) is 2.35. The van der Waals surface area contributed by atoms with Crippen LogP contribution in [-0.4, -0.2) is 20.3 Å². The van der Waals surface area contributed by atoms with E-state index in [4.69, 9.17) is 9.47 Å². The number of ether oxygens (including phenoxy) is 2. The summed E-state index contributed by atoms with van der Waals surface area (Å²) >= 11 is 0. The highest BCUT2D eigenvalue weighted by Crippen LogP contribution is 2.24. The summed E-state index contributed by atoms with van der Waals surface area (Å²) in [4.78, 5) is 0. The highest BCUT2D eigenvalue weighted by Gasteiger charge is 1.99. The van der Waals surface area contributed by atoms with Crippen LogP contribution in [-0.2, 0) is 4.74 Å². The van der Waals surface area contributed by atoms with Gasteiger partial charge in [-0.3, -0.25) is 0 Å². The first-order valence-electron chi connectivity index (χ1n) is 5.01. The Bertz CT molecular complexity index is 432. The summed E-state index contributed by atoms with van der Waals surface area (Å²) in [5.41, 5.74) is 0. The summed E-state index contributed by atoms with van der Waals surface area (Å²) in [6.45, 7) is 1.20. The molecule has 0 bridgehead atoms. The highest BCUT2D eigenvalue weighted by molar-refractivity contribution is 5.88. The standard InChI is InChI=1S/C13H14O2/c1-14-9-10-15-13-8-4-6-11-5-2-3-7-12(11)13/h2-8H,9-10H2,1H3. The predicted molar refractivity (Wildman–Crippen MR) is 61.3 cm³/mol. The molecule has 78 valence electrons. The molecule has 2 aromatic rings. The van der Waals surface area contributed by atoms with Gasteiger partial charge in [0.1, 0.15) is 12.4 Å². The number of hydrogen-bond acceptors (Lipinski definition) is 2. The van der Waals surface area contributed by atoms with E-state index in [0.29, 0.717) is 13.2 Å². The summed E-state index contributed by atoms with van der Waals surface area (Å²) in [6.07, 6.45) is 0. The minimum absolute atomic E-state index is 0.588. The molecule has 0 unspecified atom stereocenters. The number of methoxy groups -OCH3 is 1. The fraction of sp³-hybridized carbons (Fsp3) is 0.231. The van der Waals surface area contributed by atoms with Gasteiger partial charge in [0.25, 0.3) is 0 Å². The summed E-state index contributed by atoms with van der Waals surface area (Å²) in [6, 6.07) is 14.3. The van der Waals surface area contributed by atoms with Crippen molar-refractivity contribution in [1.29, 1.82) is 0 Å². The van der Waals surface area contributed by atoms with Crippen molar-refractivity contribution >= 4 is 10.8 Å². The molecule has 0 aliphatic carbocycles. The van der Waals surface area contributed by atoms with Crippen LogP contribution in [0.25, 0.3) is 10.8 Å². The van der Waals surface area contributed by atoms with Gasteiger partial charge in [0.05, 0.1) is 6.61 Å². The maximum Gasteiger partial charge on any atom is 0.127 e. The summed E-state index contributed by atoms with van der Waals surface area (Å²) in [5.74, 6) is 0.921. The Balaban J connectivity index is 2.26. The van der Waals surface area contributed by atoms with Crippen molar-refractivity contribution in [3.05, 3.63) is 42.5 Å². The Labute approximate surface area is 89.4 Å². The monoisotopic (exact) mass is 202 g/mol. The molecule has 0 saturated heterocycles. The van der Waals surface area contributed by atoms with Gasteiger partial charge < -0.3 is 9.47 Å². The first-order chi connectivity index (χ1) is 7.42. The van der Waals surface area contributed by atoms with Crippen LogP contribution in [0.4, 0.5) is 0 Å². The van der Waals surface area contributed by atoms with Gasteiger partial charge in [-0.2, -0.15) is 0 Å². The minimum atomic E-state index is 0.588. The van der Waals surface area contributed by atoms with Gasteiger partial charge >= 0.3 is 0 Å². The Morgan fingerprint density at radius 3 is 2.60 bits per heavy atom. The average Bonchev–Trinajstić information content (AvgIpc) is 2.30. The van der Waals surface area contributed by atoms with Crippen LogP contribution in [0.1, 0.15) is 0 Å². The third-order valence-electron chi connectivity index (χ3n) is 2.29. The van der Waals surface area contributed by atoms with Crippen molar-refractivity contribution < 1.29 is 9.47 Å². The fourth-order valence-corrected chi connectivity index (χ4v) is 1.56. The van der Waals surface area contributed by atoms with Crippen LogP contribution < -0.4 is 4.74 Å². The lowest BCUT2D eigenvalue weighted by atomic mass is 10.1. The maximum absolute atomic E-state index is 5.63. The van der Waals surface area contributed by atoms with Gasteiger partial charge in [-0.05, 0) is 11.5 Å².